The summed E-state index contributed by atoms with van der Waals surface area (Å²) in [5.74, 6) is 5.60. The predicted octanol–water partition coefficient (Wildman–Crippen LogP) is 0.847. The van der Waals surface area contributed by atoms with Crippen LogP contribution in [-0.2, 0) is 4.74 Å². The zero-order chi connectivity index (χ0) is 14.4. The van der Waals surface area contributed by atoms with Crippen LogP contribution in [0.1, 0.15) is 21.7 Å². The van der Waals surface area contributed by atoms with Gasteiger partial charge in [0.05, 0.1) is 25.8 Å². The molecule has 1 saturated heterocycles. The zero-order valence-electron chi connectivity index (χ0n) is 10.8. The van der Waals surface area contributed by atoms with E-state index in [2.05, 4.69) is 11.8 Å². The molecule has 6 heteroatoms. The Labute approximate surface area is 121 Å². The van der Waals surface area contributed by atoms with Gasteiger partial charge >= 0.3 is 0 Å². The maximum atomic E-state index is 12.4. The lowest BCUT2D eigenvalue weighted by Crippen LogP contribution is -2.45. The maximum absolute atomic E-state index is 12.4. The first kappa shape index (κ1) is 14.5. The van der Waals surface area contributed by atoms with Crippen molar-refractivity contribution in [1.82, 2.24) is 4.90 Å². The highest BCUT2D eigenvalue weighted by atomic mass is 32.1. The van der Waals surface area contributed by atoms with Crippen LogP contribution in [0.5, 0.6) is 0 Å². The van der Waals surface area contributed by atoms with Gasteiger partial charge in [0.15, 0.2) is 6.10 Å². The van der Waals surface area contributed by atoms with Crippen molar-refractivity contribution in [2.45, 2.75) is 12.5 Å². The highest BCUT2D eigenvalue weighted by Crippen LogP contribution is 2.19. The molecule has 1 aliphatic rings. The zero-order valence-corrected chi connectivity index (χ0v) is 11.7. The Morgan fingerprint density at radius 1 is 1.65 bits per heavy atom. The summed E-state index contributed by atoms with van der Waals surface area (Å²) in [6, 6.07) is 3.82. The summed E-state index contributed by atoms with van der Waals surface area (Å²) in [7, 11) is 0. The molecule has 1 unspecified atom stereocenters. The molecule has 2 heterocycles. The fourth-order valence-corrected chi connectivity index (χ4v) is 2.66. The fourth-order valence-electron chi connectivity index (χ4n) is 1.84. The molecule has 1 amide bonds. The Morgan fingerprint density at radius 2 is 2.50 bits per heavy atom. The van der Waals surface area contributed by atoms with Crippen molar-refractivity contribution >= 4 is 17.2 Å². The van der Waals surface area contributed by atoms with Gasteiger partial charge in [0.2, 0.25) is 0 Å². The topological polar surface area (TPSA) is 73.6 Å². The molecule has 0 bridgehead atoms. The first-order chi connectivity index (χ1) is 9.76. The van der Waals surface area contributed by atoms with E-state index in [4.69, 9.17) is 15.1 Å². The van der Waals surface area contributed by atoms with E-state index >= 15 is 0 Å². The third-order valence-corrected chi connectivity index (χ3v) is 3.72. The van der Waals surface area contributed by atoms with Gasteiger partial charge in [-0.3, -0.25) is 4.79 Å². The molecule has 1 N–H and O–H groups in total. The molecule has 20 heavy (non-hydrogen) atoms. The number of aliphatic hydroxyl groups is 1. The van der Waals surface area contributed by atoms with Crippen molar-refractivity contribution in [3.63, 3.8) is 0 Å². The van der Waals surface area contributed by atoms with Gasteiger partial charge in [-0.25, -0.2) is 0 Å². The Hall–Kier alpha value is -1.86. The monoisotopic (exact) mass is 290 g/mol. The van der Waals surface area contributed by atoms with Crippen LogP contribution in [0, 0.1) is 23.2 Å². The summed E-state index contributed by atoms with van der Waals surface area (Å²) in [6.45, 7) is 1.16. The average Bonchev–Trinajstić information content (AvgIpc) is 2.95. The third kappa shape index (κ3) is 3.37. The second kappa shape index (κ2) is 7.06. The van der Waals surface area contributed by atoms with Gasteiger partial charge in [-0.15, -0.1) is 11.3 Å². The molecular formula is C14H14N2O3S. The normalized spacial score (nSPS) is 18.0. The Morgan fingerprint density at radius 3 is 3.25 bits per heavy atom. The minimum atomic E-state index is -0.559. The molecule has 1 aliphatic heterocycles. The van der Waals surface area contributed by atoms with E-state index in [1.54, 1.807) is 11.0 Å². The Balaban J connectivity index is 2.12. The van der Waals surface area contributed by atoms with Gasteiger partial charge in [0.1, 0.15) is 4.88 Å². The van der Waals surface area contributed by atoms with Gasteiger partial charge in [0.25, 0.3) is 5.91 Å². The summed E-state index contributed by atoms with van der Waals surface area (Å²) in [5, 5.41) is 19.4. The van der Waals surface area contributed by atoms with Crippen molar-refractivity contribution in [3.05, 3.63) is 21.9 Å². The molecule has 0 spiro atoms. The third-order valence-electron chi connectivity index (χ3n) is 2.82. The predicted molar refractivity (Wildman–Crippen MR) is 74.2 cm³/mol. The molecule has 2 rings (SSSR count). The molecule has 104 valence electrons. The fraction of sp³-hybridized carbons (Fsp3) is 0.429. The molecule has 0 aromatic carbocycles. The van der Waals surface area contributed by atoms with Crippen molar-refractivity contribution in [2.75, 3.05) is 26.3 Å². The van der Waals surface area contributed by atoms with Crippen molar-refractivity contribution in [2.24, 2.45) is 0 Å². The molecule has 1 aromatic heterocycles. The summed E-state index contributed by atoms with van der Waals surface area (Å²) < 4.78 is 5.23. The molecular weight excluding hydrogens is 276 g/mol. The van der Waals surface area contributed by atoms with E-state index in [1.165, 1.54) is 11.3 Å². The number of morpholine rings is 1. The number of hydrogen-bond donors (Lipinski definition) is 1. The lowest BCUT2D eigenvalue weighted by atomic mass is 10.2. The van der Waals surface area contributed by atoms with Crippen LogP contribution in [0.25, 0.3) is 0 Å². The van der Waals surface area contributed by atoms with Crippen molar-refractivity contribution in [1.29, 1.82) is 5.26 Å². The number of aliphatic hydroxyl groups excluding tert-OH is 1. The van der Waals surface area contributed by atoms with Gasteiger partial charge in [-0.2, -0.15) is 5.26 Å². The first-order valence-corrected chi connectivity index (χ1v) is 7.12. The lowest BCUT2D eigenvalue weighted by molar-refractivity contribution is 0.00368. The maximum Gasteiger partial charge on any atom is 0.265 e. The van der Waals surface area contributed by atoms with E-state index in [-0.39, 0.29) is 19.1 Å². The average molecular weight is 290 g/mol. The van der Waals surface area contributed by atoms with Gasteiger partial charge in [-0.05, 0) is 11.4 Å². The first-order valence-electron chi connectivity index (χ1n) is 6.24. The minimum Gasteiger partial charge on any atom is -0.395 e. The number of hydrogen-bond acceptors (Lipinski definition) is 5. The molecule has 1 atom stereocenters. The molecule has 0 radical (unpaired) electrons. The van der Waals surface area contributed by atoms with Crippen LogP contribution in [0.2, 0.25) is 0 Å². The largest absolute Gasteiger partial charge is 0.395 e. The summed E-state index contributed by atoms with van der Waals surface area (Å²) in [4.78, 5) is 14.6. The van der Waals surface area contributed by atoms with E-state index in [0.717, 1.165) is 0 Å². The van der Waals surface area contributed by atoms with Crippen LogP contribution >= 0.6 is 11.3 Å². The van der Waals surface area contributed by atoms with Crippen molar-refractivity contribution < 1.29 is 14.6 Å². The number of carbonyl (C=O) groups excluding carboxylic acids is 1. The lowest BCUT2D eigenvalue weighted by Gasteiger charge is -2.29. The SMILES string of the molecule is N#CC1CN(C(=O)c2sccc2C#CCCO)CCO1. The molecule has 0 aliphatic carbocycles. The van der Waals surface area contributed by atoms with Crippen LogP contribution in [0.15, 0.2) is 11.4 Å². The van der Waals surface area contributed by atoms with E-state index in [1.807, 2.05) is 11.4 Å². The highest BCUT2D eigenvalue weighted by Gasteiger charge is 2.26. The number of amides is 1. The second-order valence-corrected chi connectivity index (χ2v) is 5.09. The van der Waals surface area contributed by atoms with Crippen molar-refractivity contribution in [3.8, 4) is 17.9 Å². The van der Waals surface area contributed by atoms with Crippen LogP contribution in [0.4, 0.5) is 0 Å². The number of thiophene rings is 1. The Bertz CT molecular complexity index is 579. The van der Waals surface area contributed by atoms with Gasteiger partial charge in [0, 0.05) is 18.5 Å². The van der Waals surface area contributed by atoms with Crippen LogP contribution in [-0.4, -0.2) is 48.3 Å². The van der Waals surface area contributed by atoms with E-state index < -0.39 is 6.10 Å². The quantitative estimate of drug-likeness (QED) is 0.819. The molecule has 1 fully saturated rings. The molecule has 0 saturated carbocycles. The van der Waals surface area contributed by atoms with Gasteiger partial charge in [-0.1, -0.05) is 11.8 Å². The molecule has 1 aromatic rings. The minimum absolute atomic E-state index is 0.00767. The van der Waals surface area contributed by atoms with E-state index in [9.17, 15) is 4.79 Å². The Kier molecular flexibility index (Phi) is 5.14. The van der Waals surface area contributed by atoms with E-state index in [0.29, 0.717) is 30.0 Å². The van der Waals surface area contributed by atoms with Gasteiger partial charge < -0.3 is 14.7 Å². The van der Waals surface area contributed by atoms with Crippen LogP contribution in [0.3, 0.4) is 0 Å². The summed E-state index contributed by atoms with van der Waals surface area (Å²) in [5.41, 5.74) is 0.674. The number of rotatable bonds is 2. The summed E-state index contributed by atoms with van der Waals surface area (Å²) >= 11 is 1.34. The standard InChI is InChI=1S/C14H14N2O3S/c15-9-12-10-16(5-7-19-12)14(18)13-11(4-8-20-13)3-1-2-6-17/h4,8,12,17H,2,5-7,10H2. The summed E-state index contributed by atoms with van der Waals surface area (Å²) in [6.07, 6.45) is -0.172. The molecule has 5 nitrogen and oxygen atoms in total. The second-order valence-electron chi connectivity index (χ2n) is 4.18. The number of nitrogens with zero attached hydrogens (tertiary/aromatic N) is 2. The van der Waals surface area contributed by atoms with Crippen LogP contribution < -0.4 is 0 Å². The number of ether oxygens (including phenoxy) is 1. The number of carbonyl (C=O) groups is 1. The number of nitriles is 1. The highest BCUT2D eigenvalue weighted by molar-refractivity contribution is 7.12. The smallest absolute Gasteiger partial charge is 0.265 e.